The van der Waals surface area contributed by atoms with E-state index in [2.05, 4.69) is 15.9 Å². The Labute approximate surface area is 95.7 Å². The van der Waals surface area contributed by atoms with E-state index in [0.717, 1.165) is 10.0 Å². The summed E-state index contributed by atoms with van der Waals surface area (Å²) in [4.78, 5) is 11.6. The monoisotopic (exact) mass is 264 g/mol. The second-order valence-corrected chi connectivity index (χ2v) is 4.07. The van der Waals surface area contributed by atoms with Gasteiger partial charge < -0.3 is 4.42 Å². The molecule has 0 fully saturated rings. The first-order valence-electron chi connectivity index (χ1n) is 4.54. The van der Waals surface area contributed by atoms with Crippen LogP contribution in [0, 0.1) is 6.92 Å². The van der Waals surface area contributed by atoms with Crippen LogP contribution in [0.25, 0.3) is 11.1 Å². The normalized spacial score (nSPS) is 10.3. The molecule has 0 aliphatic heterocycles. The van der Waals surface area contributed by atoms with Gasteiger partial charge in [-0.05, 0) is 34.5 Å². The Kier molecular flexibility index (Phi) is 2.73. The van der Waals surface area contributed by atoms with Crippen molar-refractivity contribution >= 4 is 15.9 Å². The first-order valence-corrected chi connectivity index (χ1v) is 5.33. The Morgan fingerprint density at radius 3 is 2.53 bits per heavy atom. The zero-order chi connectivity index (χ0) is 10.8. The molecule has 15 heavy (non-hydrogen) atoms. The third-order valence-corrected chi connectivity index (χ3v) is 2.95. The van der Waals surface area contributed by atoms with Crippen LogP contribution in [0.2, 0.25) is 0 Å². The van der Waals surface area contributed by atoms with Crippen molar-refractivity contribution in [1.29, 1.82) is 0 Å². The van der Waals surface area contributed by atoms with Gasteiger partial charge in [-0.2, -0.15) is 0 Å². The molecular formula is C12H9BrO2. The van der Waals surface area contributed by atoms with Gasteiger partial charge in [0.05, 0.1) is 10.0 Å². The fraction of sp³-hybridized carbons (Fsp3) is 0.0833. The lowest BCUT2D eigenvalue weighted by atomic mass is 10.1. The lowest BCUT2D eigenvalue weighted by molar-refractivity contribution is 0.479. The van der Waals surface area contributed by atoms with Gasteiger partial charge in [0.15, 0.2) is 0 Å². The predicted octanol–water partition coefficient (Wildman–Crippen LogP) is 3.38. The van der Waals surface area contributed by atoms with Crippen LogP contribution in [-0.2, 0) is 0 Å². The maximum atomic E-state index is 11.6. The van der Waals surface area contributed by atoms with Crippen molar-refractivity contribution in [3.63, 3.8) is 0 Å². The summed E-state index contributed by atoms with van der Waals surface area (Å²) in [7, 11) is 0. The summed E-state index contributed by atoms with van der Waals surface area (Å²) in [5.41, 5.74) is 1.14. The lowest BCUT2D eigenvalue weighted by Gasteiger charge is -2.01. The van der Waals surface area contributed by atoms with Crippen LogP contribution in [0.3, 0.4) is 0 Å². The third-order valence-electron chi connectivity index (χ3n) is 2.16. The Morgan fingerprint density at radius 2 is 1.87 bits per heavy atom. The average Bonchev–Trinajstić information content (AvgIpc) is 2.25. The van der Waals surface area contributed by atoms with E-state index in [1.807, 2.05) is 30.3 Å². The van der Waals surface area contributed by atoms with Gasteiger partial charge in [-0.3, -0.25) is 0 Å². The van der Waals surface area contributed by atoms with E-state index in [9.17, 15) is 4.79 Å². The zero-order valence-electron chi connectivity index (χ0n) is 8.16. The van der Waals surface area contributed by atoms with E-state index in [-0.39, 0.29) is 5.63 Å². The van der Waals surface area contributed by atoms with Crippen LogP contribution in [0.15, 0.2) is 50.1 Å². The van der Waals surface area contributed by atoms with Gasteiger partial charge in [-0.1, -0.05) is 30.3 Å². The molecule has 0 saturated heterocycles. The van der Waals surface area contributed by atoms with E-state index in [0.29, 0.717) is 11.3 Å². The summed E-state index contributed by atoms with van der Waals surface area (Å²) < 4.78 is 5.90. The quantitative estimate of drug-likeness (QED) is 0.791. The second kappa shape index (κ2) is 4.03. The molecule has 0 unspecified atom stereocenters. The number of aryl methyl sites for hydroxylation is 1. The van der Waals surface area contributed by atoms with Crippen LogP contribution in [0.5, 0.6) is 0 Å². The highest BCUT2D eigenvalue weighted by atomic mass is 79.9. The molecule has 1 aromatic heterocycles. The van der Waals surface area contributed by atoms with Gasteiger partial charge >= 0.3 is 5.63 Å². The molecule has 0 aliphatic rings. The molecular weight excluding hydrogens is 256 g/mol. The average molecular weight is 265 g/mol. The van der Waals surface area contributed by atoms with Crippen molar-refractivity contribution in [2.75, 3.05) is 0 Å². The molecule has 0 spiro atoms. The van der Waals surface area contributed by atoms with E-state index in [4.69, 9.17) is 4.42 Å². The van der Waals surface area contributed by atoms with Crippen molar-refractivity contribution in [2.45, 2.75) is 6.92 Å². The maximum Gasteiger partial charge on any atom is 0.343 e. The summed E-state index contributed by atoms with van der Waals surface area (Å²) in [6.07, 6.45) is 0. The van der Waals surface area contributed by atoms with Crippen molar-refractivity contribution in [3.05, 3.63) is 57.1 Å². The topological polar surface area (TPSA) is 30.2 Å². The van der Waals surface area contributed by atoms with Crippen LogP contribution in [0.1, 0.15) is 5.76 Å². The first kappa shape index (κ1) is 10.2. The Balaban J connectivity index is 2.65. The Morgan fingerprint density at radius 1 is 1.20 bits per heavy atom. The third kappa shape index (κ3) is 2.02. The predicted molar refractivity (Wildman–Crippen MR) is 62.9 cm³/mol. The molecule has 3 heteroatoms. The minimum Gasteiger partial charge on any atom is -0.427 e. The molecule has 2 aromatic rings. The minimum absolute atomic E-state index is 0.304. The number of hydrogen-bond acceptors (Lipinski definition) is 2. The number of benzene rings is 1. The van der Waals surface area contributed by atoms with Crippen molar-refractivity contribution in [3.8, 4) is 11.1 Å². The molecule has 76 valence electrons. The van der Waals surface area contributed by atoms with Gasteiger partial charge in [0, 0.05) is 0 Å². The van der Waals surface area contributed by atoms with Crippen molar-refractivity contribution in [2.24, 2.45) is 0 Å². The van der Waals surface area contributed by atoms with Gasteiger partial charge in [-0.25, -0.2) is 4.79 Å². The summed E-state index contributed by atoms with van der Waals surface area (Å²) in [5.74, 6) is 0.597. The van der Waals surface area contributed by atoms with E-state index >= 15 is 0 Å². The molecule has 0 atom stereocenters. The second-order valence-electron chi connectivity index (χ2n) is 3.22. The van der Waals surface area contributed by atoms with Crippen molar-refractivity contribution < 1.29 is 4.42 Å². The number of hydrogen-bond donors (Lipinski definition) is 0. The zero-order valence-corrected chi connectivity index (χ0v) is 9.74. The van der Waals surface area contributed by atoms with E-state index < -0.39 is 0 Å². The minimum atomic E-state index is -0.304. The molecule has 2 rings (SSSR count). The van der Waals surface area contributed by atoms with Crippen LogP contribution in [-0.4, -0.2) is 0 Å². The van der Waals surface area contributed by atoms with Crippen molar-refractivity contribution in [1.82, 2.24) is 0 Å². The molecule has 2 nitrogen and oxygen atoms in total. The highest BCUT2D eigenvalue weighted by molar-refractivity contribution is 9.10. The van der Waals surface area contributed by atoms with Gasteiger partial charge in [-0.15, -0.1) is 0 Å². The van der Waals surface area contributed by atoms with E-state index in [1.54, 1.807) is 13.0 Å². The highest BCUT2D eigenvalue weighted by Gasteiger charge is 2.07. The summed E-state index contributed by atoms with van der Waals surface area (Å²) in [5, 5.41) is 0. The standard InChI is InChI=1S/C12H9BrO2/c1-8-11(13)7-10(12(14)15-8)9-5-3-2-4-6-9/h2-7H,1H3. The fourth-order valence-electron chi connectivity index (χ4n) is 1.35. The van der Waals surface area contributed by atoms with Gasteiger partial charge in [0.2, 0.25) is 0 Å². The van der Waals surface area contributed by atoms with Crippen LogP contribution >= 0.6 is 15.9 Å². The molecule has 1 heterocycles. The smallest absolute Gasteiger partial charge is 0.343 e. The van der Waals surface area contributed by atoms with Crippen LogP contribution in [0.4, 0.5) is 0 Å². The summed E-state index contributed by atoms with van der Waals surface area (Å²) in [6, 6.07) is 11.2. The molecule has 1 aromatic carbocycles. The number of halogens is 1. The summed E-state index contributed by atoms with van der Waals surface area (Å²) in [6.45, 7) is 1.75. The van der Waals surface area contributed by atoms with E-state index in [1.165, 1.54) is 0 Å². The maximum absolute atomic E-state index is 11.6. The molecule has 0 radical (unpaired) electrons. The Bertz CT molecular complexity index is 529. The Hall–Kier alpha value is -1.35. The number of rotatable bonds is 1. The highest BCUT2D eigenvalue weighted by Crippen LogP contribution is 2.21. The summed E-state index contributed by atoms with van der Waals surface area (Å²) >= 11 is 3.34. The SMILES string of the molecule is Cc1oc(=O)c(-c2ccccc2)cc1Br. The molecule has 0 bridgehead atoms. The molecule has 0 aliphatic carbocycles. The lowest BCUT2D eigenvalue weighted by Crippen LogP contribution is -2.03. The van der Waals surface area contributed by atoms with Gasteiger partial charge in [0.25, 0.3) is 0 Å². The van der Waals surface area contributed by atoms with Gasteiger partial charge in [0.1, 0.15) is 5.76 Å². The van der Waals surface area contributed by atoms with Crippen LogP contribution < -0.4 is 5.63 Å². The fourth-order valence-corrected chi connectivity index (χ4v) is 1.66. The largest absolute Gasteiger partial charge is 0.427 e. The molecule has 0 N–H and O–H groups in total. The first-order chi connectivity index (χ1) is 7.18. The molecule has 0 saturated carbocycles. The molecule has 0 amide bonds.